The predicted molar refractivity (Wildman–Crippen MR) is 149 cm³/mol. The van der Waals surface area contributed by atoms with Gasteiger partial charge in [-0.2, -0.15) is 0 Å². The SMILES string of the molecule is C/C=C\C=C/CC(OC[C@H]1OC[C@@](N)(c2cc(Br)ccc2F)[C@@H]1CO)(C1=CC=CCC1)c1ccccc1. The van der Waals surface area contributed by atoms with E-state index in [9.17, 15) is 9.50 Å². The number of hydrogen-bond acceptors (Lipinski definition) is 4. The second-order valence-electron chi connectivity index (χ2n) is 9.62. The Morgan fingerprint density at radius 3 is 2.76 bits per heavy atom. The lowest BCUT2D eigenvalue weighted by Gasteiger charge is -2.39. The molecule has 0 amide bonds. The number of ether oxygens (including phenoxy) is 2. The van der Waals surface area contributed by atoms with E-state index < -0.39 is 29.0 Å². The molecule has 3 N–H and O–H groups in total. The molecule has 1 unspecified atom stereocenters. The summed E-state index contributed by atoms with van der Waals surface area (Å²) < 4.78 is 28.6. The first-order valence-corrected chi connectivity index (χ1v) is 13.5. The summed E-state index contributed by atoms with van der Waals surface area (Å²) in [7, 11) is 0. The van der Waals surface area contributed by atoms with Crippen LogP contribution in [0.4, 0.5) is 4.39 Å². The Balaban J connectivity index is 1.67. The lowest BCUT2D eigenvalue weighted by molar-refractivity contribution is -0.0803. The highest BCUT2D eigenvalue weighted by Crippen LogP contribution is 2.44. The van der Waals surface area contributed by atoms with Gasteiger partial charge in [-0.05, 0) is 49.1 Å². The quantitative estimate of drug-likeness (QED) is 0.323. The summed E-state index contributed by atoms with van der Waals surface area (Å²) in [6, 6.07) is 14.9. The molecule has 2 aliphatic rings. The molecule has 4 rings (SSSR count). The molecule has 4 atom stereocenters. The van der Waals surface area contributed by atoms with Crippen LogP contribution >= 0.6 is 15.9 Å². The van der Waals surface area contributed by atoms with Gasteiger partial charge >= 0.3 is 0 Å². The molecule has 6 heteroatoms. The van der Waals surface area contributed by atoms with Crippen LogP contribution in [0.5, 0.6) is 0 Å². The monoisotopic (exact) mass is 567 g/mol. The van der Waals surface area contributed by atoms with Gasteiger partial charge in [0.15, 0.2) is 0 Å². The van der Waals surface area contributed by atoms with Crippen molar-refractivity contribution in [2.24, 2.45) is 11.7 Å². The number of benzene rings is 2. The van der Waals surface area contributed by atoms with Crippen molar-refractivity contribution in [3.8, 4) is 0 Å². The van der Waals surface area contributed by atoms with E-state index in [4.69, 9.17) is 15.2 Å². The molecule has 196 valence electrons. The maximum absolute atomic E-state index is 14.8. The van der Waals surface area contributed by atoms with Crippen LogP contribution in [0, 0.1) is 11.7 Å². The molecule has 1 saturated heterocycles. The molecule has 1 fully saturated rings. The number of aliphatic hydroxyl groups excluding tert-OH is 1. The first-order chi connectivity index (χ1) is 17.9. The van der Waals surface area contributed by atoms with Gasteiger partial charge < -0.3 is 20.3 Å². The van der Waals surface area contributed by atoms with Crippen molar-refractivity contribution >= 4 is 15.9 Å². The second kappa shape index (κ2) is 12.5. The number of aliphatic hydroxyl groups is 1. The fraction of sp³-hybridized carbons (Fsp3) is 0.355. The lowest BCUT2D eigenvalue weighted by atomic mass is 9.78. The highest BCUT2D eigenvalue weighted by atomic mass is 79.9. The number of nitrogens with two attached hydrogens (primary N) is 1. The van der Waals surface area contributed by atoms with Crippen LogP contribution in [-0.4, -0.2) is 31.0 Å². The molecular formula is C31H35BrFNO3. The molecule has 0 saturated carbocycles. The average Bonchev–Trinajstić information content (AvgIpc) is 3.26. The van der Waals surface area contributed by atoms with E-state index in [-0.39, 0.29) is 19.8 Å². The van der Waals surface area contributed by atoms with E-state index in [1.165, 1.54) is 11.6 Å². The van der Waals surface area contributed by atoms with E-state index in [0.29, 0.717) is 12.0 Å². The summed E-state index contributed by atoms with van der Waals surface area (Å²) in [4.78, 5) is 0. The summed E-state index contributed by atoms with van der Waals surface area (Å²) in [6.07, 6.45) is 16.5. The summed E-state index contributed by atoms with van der Waals surface area (Å²) in [6.45, 7) is 2.03. The Bertz CT molecular complexity index is 1180. The van der Waals surface area contributed by atoms with Crippen LogP contribution in [0.2, 0.25) is 0 Å². The fourth-order valence-corrected chi connectivity index (χ4v) is 5.70. The van der Waals surface area contributed by atoms with E-state index in [0.717, 1.165) is 22.9 Å². The molecule has 1 aliphatic heterocycles. The van der Waals surface area contributed by atoms with Gasteiger partial charge in [-0.15, -0.1) is 0 Å². The van der Waals surface area contributed by atoms with Crippen LogP contribution in [0.25, 0.3) is 0 Å². The van der Waals surface area contributed by atoms with E-state index in [2.05, 4.69) is 52.4 Å². The summed E-state index contributed by atoms with van der Waals surface area (Å²) >= 11 is 3.41. The maximum Gasteiger partial charge on any atom is 0.128 e. The minimum atomic E-state index is -1.18. The Morgan fingerprint density at radius 1 is 1.24 bits per heavy atom. The molecule has 0 aromatic heterocycles. The van der Waals surface area contributed by atoms with Gasteiger partial charge in [0.05, 0.1) is 31.5 Å². The molecule has 2 aromatic carbocycles. The molecule has 0 bridgehead atoms. The Morgan fingerprint density at radius 2 is 2.05 bits per heavy atom. The number of halogens is 2. The molecule has 4 nitrogen and oxygen atoms in total. The smallest absolute Gasteiger partial charge is 0.128 e. The van der Waals surface area contributed by atoms with Crippen molar-refractivity contribution < 1.29 is 19.0 Å². The largest absolute Gasteiger partial charge is 0.396 e. The predicted octanol–water partition coefficient (Wildman–Crippen LogP) is 6.46. The van der Waals surface area contributed by atoms with Crippen molar-refractivity contribution in [1.29, 1.82) is 0 Å². The third-order valence-corrected chi connectivity index (χ3v) is 7.88. The van der Waals surface area contributed by atoms with Crippen molar-refractivity contribution in [3.63, 3.8) is 0 Å². The minimum absolute atomic E-state index is 0.0879. The van der Waals surface area contributed by atoms with Gasteiger partial charge in [0, 0.05) is 22.4 Å². The highest BCUT2D eigenvalue weighted by molar-refractivity contribution is 9.10. The third-order valence-electron chi connectivity index (χ3n) is 7.38. The standard InChI is InChI=1S/C31H35BrFNO3/c1-2-3-4-11-18-31(23-12-7-5-8-13-23,24-14-9-6-10-15-24)37-21-29-27(20-35)30(34,22-36-29)26-19-25(32)16-17-28(26)33/h2-9,11-14,16-17,19,27,29,35H,10,15,18,20-22,34H2,1H3/b3-2-,11-4-/t27-,29-,30-,31?/m1/s1. The maximum atomic E-state index is 14.8. The van der Waals surface area contributed by atoms with Crippen molar-refractivity contribution in [2.75, 3.05) is 19.8 Å². The van der Waals surface area contributed by atoms with Crippen LogP contribution in [-0.2, 0) is 20.6 Å². The van der Waals surface area contributed by atoms with Gasteiger partial charge in [-0.3, -0.25) is 0 Å². The minimum Gasteiger partial charge on any atom is -0.396 e. The molecule has 0 radical (unpaired) electrons. The summed E-state index contributed by atoms with van der Waals surface area (Å²) in [5.41, 5.74) is 7.43. The first-order valence-electron chi connectivity index (χ1n) is 12.7. The van der Waals surface area contributed by atoms with E-state index in [1.54, 1.807) is 12.1 Å². The summed E-state index contributed by atoms with van der Waals surface area (Å²) in [5, 5.41) is 10.4. The van der Waals surface area contributed by atoms with Crippen LogP contribution in [0.1, 0.15) is 37.3 Å². The van der Waals surface area contributed by atoms with Gasteiger partial charge in [-0.25, -0.2) is 4.39 Å². The zero-order chi connectivity index (χ0) is 26.3. The number of rotatable bonds is 10. The van der Waals surface area contributed by atoms with Crippen LogP contribution in [0.3, 0.4) is 0 Å². The van der Waals surface area contributed by atoms with Gasteiger partial charge in [0.2, 0.25) is 0 Å². The zero-order valence-corrected chi connectivity index (χ0v) is 22.7. The molecule has 1 aliphatic carbocycles. The Labute approximate surface area is 227 Å². The highest BCUT2D eigenvalue weighted by Gasteiger charge is 2.50. The van der Waals surface area contributed by atoms with Crippen molar-refractivity contribution in [1.82, 2.24) is 0 Å². The Hall–Kier alpha value is -2.35. The van der Waals surface area contributed by atoms with Gasteiger partial charge in [-0.1, -0.05) is 88.8 Å². The zero-order valence-electron chi connectivity index (χ0n) is 21.2. The topological polar surface area (TPSA) is 64.7 Å². The average molecular weight is 569 g/mol. The molecule has 2 aromatic rings. The van der Waals surface area contributed by atoms with Crippen LogP contribution in [0.15, 0.2) is 101 Å². The lowest BCUT2D eigenvalue weighted by Crippen LogP contribution is -2.48. The first kappa shape index (κ1) is 27.7. The van der Waals surface area contributed by atoms with Gasteiger partial charge in [0.1, 0.15) is 11.4 Å². The third kappa shape index (κ3) is 5.89. The van der Waals surface area contributed by atoms with Crippen molar-refractivity contribution in [2.45, 2.75) is 43.4 Å². The second-order valence-corrected chi connectivity index (χ2v) is 10.5. The Kier molecular flexibility index (Phi) is 9.32. The van der Waals surface area contributed by atoms with E-state index >= 15 is 0 Å². The molecule has 0 spiro atoms. The van der Waals surface area contributed by atoms with E-state index in [1.807, 2.05) is 43.4 Å². The summed E-state index contributed by atoms with van der Waals surface area (Å²) in [5.74, 6) is -0.954. The molecule has 1 heterocycles. The molecule has 37 heavy (non-hydrogen) atoms. The van der Waals surface area contributed by atoms with Gasteiger partial charge in [0.25, 0.3) is 0 Å². The van der Waals surface area contributed by atoms with Crippen LogP contribution < -0.4 is 5.73 Å². The number of allylic oxidation sites excluding steroid dienone is 6. The van der Waals surface area contributed by atoms with Crippen molar-refractivity contribution in [3.05, 3.63) is 118 Å². The molecular weight excluding hydrogens is 533 g/mol. The fourth-order valence-electron chi connectivity index (χ4n) is 5.34. The number of hydrogen-bond donors (Lipinski definition) is 2. The normalized spacial score (nSPS) is 25.6.